The van der Waals surface area contributed by atoms with Crippen molar-refractivity contribution in [3.8, 4) is 0 Å². The number of nitrogens with two attached hydrogens (primary N) is 1. The number of ether oxygens (including phenoxy) is 1. The second kappa shape index (κ2) is 4.30. The Morgan fingerprint density at radius 3 is 2.69 bits per heavy atom. The molecule has 3 fully saturated rings. The molecule has 0 radical (unpaired) electrons. The maximum absolute atomic E-state index is 6.18. The van der Waals surface area contributed by atoms with E-state index >= 15 is 0 Å². The van der Waals surface area contributed by atoms with Gasteiger partial charge in [-0.2, -0.15) is 0 Å². The van der Waals surface area contributed by atoms with Crippen molar-refractivity contribution in [2.75, 3.05) is 6.61 Å². The predicted molar refractivity (Wildman–Crippen MR) is 65.2 cm³/mol. The minimum absolute atomic E-state index is 0.326. The van der Waals surface area contributed by atoms with Crippen molar-refractivity contribution < 1.29 is 4.74 Å². The van der Waals surface area contributed by atoms with Crippen LogP contribution in [0, 0.1) is 11.8 Å². The summed E-state index contributed by atoms with van der Waals surface area (Å²) in [5.74, 6) is 1.77. The summed E-state index contributed by atoms with van der Waals surface area (Å²) in [6.07, 6.45) is 12.0. The van der Waals surface area contributed by atoms with Gasteiger partial charge in [0.15, 0.2) is 0 Å². The van der Waals surface area contributed by atoms with E-state index in [9.17, 15) is 0 Å². The van der Waals surface area contributed by atoms with Crippen molar-refractivity contribution in [3.05, 3.63) is 0 Å². The second-order valence-corrected chi connectivity index (χ2v) is 6.32. The summed E-state index contributed by atoms with van der Waals surface area (Å²) in [5, 5.41) is 0. The minimum atomic E-state index is 0.326. The maximum Gasteiger partial charge on any atom is 0.0685 e. The third-order valence-electron chi connectivity index (χ3n) is 5.00. The van der Waals surface area contributed by atoms with Crippen molar-refractivity contribution in [2.24, 2.45) is 17.6 Å². The number of rotatable bonds is 4. The van der Waals surface area contributed by atoms with Crippen LogP contribution in [-0.2, 0) is 4.74 Å². The van der Waals surface area contributed by atoms with E-state index in [1.165, 1.54) is 57.8 Å². The van der Waals surface area contributed by atoms with Gasteiger partial charge in [-0.05, 0) is 69.6 Å². The van der Waals surface area contributed by atoms with Gasteiger partial charge in [0.1, 0.15) is 0 Å². The Labute approximate surface area is 98.9 Å². The molecule has 2 heteroatoms. The van der Waals surface area contributed by atoms with Gasteiger partial charge < -0.3 is 10.5 Å². The van der Waals surface area contributed by atoms with E-state index < -0.39 is 0 Å². The van der Waals surface area contributed by atoms with E-state index in [1.807, 2.05) is 0 Å². The van der Waals surface area contributed by atoms with E-state index in [1.54, 1.807) is 0 Å². The molecule has 2 atom stereocenters. The average molecular weight is 223 g/mol. The summed E-state index contributed by atoms with van der Waals surface area (Å²) >= 11 is 0. The Balaban J connectivity index is 1.43. The second-order valence-electron chi connectivity index (χ2n) is 6.32. The van der Waals surface area contributed by atoms with Crippen LogP contribution in [0.25, 0.3) is 0 Å². The van der Waals surface area contributed by atoms with Gasteiger partial charge in [-0.25, -0.2) is 0 Å². The van der Waals surface area contributed by atoms with Crippen LogP contribution < -0.4 is 5.73 Å². The lowest BCUT2D eigenvalue weighted by Crippen LogP contribution is -2.45. The molecule has 2 N–H and O–H groups in total. The van der Waals surface area contributed by atoms with E-state index in [0.717, 1.165) is 18.4 Å². The van der Waals surface area contributed by atoms with Gasteiger partial charge in [0, 0.05) is 12.6 Å². The lowest BCUT2D eigenvalue weighted by atomic mass is 9.71. The Hall–Kier alpha value is -0.0800. The van der Waals surface area contributed by atoms with Crippen LogP contribution in [0.2, 0.25) is 0 Å². The molecule has 0 aromatic heterocycles. The van der Waals surface area contributed by atoms with Crippen LogP contribution in [0.4, 0.5) is 0 Å². The highest BCUT2D eigenvalue weighted by Crippen LogP contribution is 2.45. The zero-order valence-electron chi connectivity index (χ0n) is 10.3. The summed E-state index contributed by atoms with van der Waals surface area (Å²) in [7, 11) is 0. The van der Waals surface area contributed by atoms with Gasteiger partial charge in [-0.1, -0.05) is 0 Å². The Morgan fingerprint density at radius 2 is 2.06 bits per heavy atom. The quantitative estimate of drug-likeness (QED) is 0.795. The van der Waals surface area contributed by atoms with Gasteiger partial charge >= 0.3 is 0 Å². The molecule has 2 aliphatic carbocycles. The monoisotopic (exact) mass is 223 g/mol. The van der Waals surface area contributed by atoms with Crippen LogP contribution in [0.3, 0.4) is 0 Å². The van der Waals surface area contributed by atoms with Crippen LogP contribution in [-0.4, -0.2) is 18.2 Å². The molecule has 92 valence electrons. The standard InChI is InChI=1S/C14H25NO/c15-13(12-3-4-12)5-2-11-6-9-16-14(10-11)7-1-8-14/h11-13H,1-10,15H2. The highest BCUT2D eigenvalue weighted by molar-refractivity contribution is 4.94. The molecule has 2 nitrogen and oxygen atoms in total. The highest BCUT2D eigenvalue weighted by atomic mass is 16.5. The zero-order valence-corrected chi connectivity index (χ0v) is 10.3. The van der Waals surface area contributed by atoms with Crippen molar-refractivity contribution in [2.45, 2.75) is 69.4 Å². The van der Waals surface area contributed by atoms with Crippen molar-refractivity contribution in [1.82, 2.24) is 0 Å². The van der Waals surface area contributed by atoms with E-state index in [2.05, 4.69) is 0 Å². The summed E-state index contributed by atoms with van der Waals surface area (Å²) in [4.78, 5) is 0. The zero-order chi connectivity index (χ0) is 11.0. The third kappa shape index (κ3) is 2.28. The first-order valence-corrected chi connectivity index (χ1v) is 7.17. The molecule has 2 unspecified atom stereocenters. The minimum Gasteiger partial charge on any atom is -0.375 e. The Morgan fingerprint density at radius 1 is 1.25 bits per heavy atom. The van der Waals surface area contributed by atoms with Gasteiger partial charge in [0.05, 0.1) is 5.60 Å². The van der Waals surface area contributed by atoms with Crippen LogP contribution in [0.5, 0.6) is 0 Å². The lowest BCUT2D eigenvalue weighted by molar-refractivity contribution is -0.144. The summed E-state index contributed by atoms with van der Waals surface area (Å²) in [6, 6.07) is 0.500. The van der Waals surface area contributed by atoms with Gasteiger partial charge in [-0.3, -0.25) is 0 Å². The largest absolute Gasteiger partial charge is 0.375 e. The molecular formula is C14H25NO. The summed E-state index contributed by atoms with van der Waals surface area (Å²) in [5.41, 5.74) is 6.50. The average Bonchev–Trinajstić information content (AvgIpc) is 3.08. The fourth-order valence-corrected chi connectivity index (χ4v) is 3.48. The third-order valence-corrected chi connectivity index (χ3v) is 5.00. The van der Waals surface area contributed by atoms with Gasteiger partial charge in [-0.15, -0.1) is 0 Å². The van der Waals surface area contributed by atoms with Crippen molar-refractivity contribution in [3.63, 3.8) is 0 Å². The molecule has 3 aliphatic rings. The number of hydrogen-bond donors (Lipinski definition) is 1. The Bertz CT molecular complexity index is 245. The first kappa shape index (κ1) is 11.0. The van der Waals surface area contributed by atoms with Crippen LogP contribution >= 0.6 is 0 Å². The normalized spacial score (nSPS) is 34.7. The van der Waals surface area contributed by atoms with Crippen molar-refractivity contribution in [1.29, 1.82) is 0 Å². The maximum atomic E-state index is 6.18. The van der Waals surface area contributed by atoms with Gasteiger partial charge in [0.25, 0.3) is 0 Å². The van der Waals surface area contributed by atoms with Crippen LogP contribution in [0.15, 0.2) is 0 Å². The summed E-state index contributed by atoms with van der Waals surface area (Å²) < 4.78 is 5.97. The fourth-order valence-electron chi connectivity index (χ4n) is 3.48. The first-order valence-electron chi connectivity index (χ1n) is 7.17. The number of hydrogen-bond acceptors (Lipinski definition) is 2. The van der Waals surface area contributed by atoms with Gasteiger partial charge in [0.2, 0.25) is 0 Å². The molecule has 1 aliphatic heterocycles. The smallest absolute Gasteiger partial charge is 0.0685 e. The molecule has 3 rings (SSSR count). The molecule has 16 heavy (non-hydrogen) atoms. The molecule has 0 aromatic rings. The molecular weight excluding hydrogens is 198 g/mol. The van der Waals surface area contributed by atoms with Crippen molar-refractivity contribution >= 4 is 0 Å². The molecule has 1 saturated heterocycles. The fraction of sp³-hybridized carbons (Fsp3) is 1.00. The molecule has 1 spiro atoms. The topological polar surface area (TPSA) is 35.2 Å². The molecule has 0 amide bonds. The van der Waals surface area contributed by atoms with E-state index in [-0.39, 0.29) is 0 Å². The first-order chi connectivity index (χ1) is 7.77. The SMILES string of the molecule is NC(CCC1CCOC2(CCC2)C1)C1CC1. The lowest BCUT2D eigenvalue weighted by Gasteiger charge is -2.47. The molecule has 2 saturated carbocycles. The molecule has 1 heterocycles. The van der Waals surface area contributed by atoms with Crippen LogP contribution in [0.1, 0.15) is 57.8 Å². The van der Waals surface area contributed by atoms with E-state index in [4.69, 9.17) is 10.5 Å². The molecule has 0 aromatic carbocycles. The highest BCUT2D eigenvalue weighted by Gasteiger charge is 2.42. The Kier molecular flexibility index (Phi) is 2.97. The summed E-state index contributed by atoms with van der Waals surface area (Å²) in [6.45, 7) is 1.00. The van der Waals surface area contributed by atoms with E-state index in [0.29, 0.717) is 11.6 Å². The predicted octanol–water partition coefficient (Wildman–Crippen LogP) is 2.85. The molecule has 0 bridgehead atoms.